The lowest BCUT2D eigenvalue weighted by Gasteiger charge is -2.05. The molecule has 0 fully saturated rings. The first-order valence-electron chi connectivity index (χ1n) is 5.61. The van der Waals surface area contributed by atoms with Crippen LogP contribution in [0.5, 0.6) is 5.75 Å². The zero-order valence-corrected chi connectivity index (χ0v) is 10.5. The second kappa shape index (κ2) is 5.83. The summed E-state index contributed by atoms with van der Waals surface area (Å²) in [4.78, 5) is 22.2. The third kappa shape index (κ3) is 3.55. The maximum absolute atomic E-state index is 11.5. The van der Waals surface area contributed by atoms with Gasteiger partial charge in [-0.25, -0.2) is 4.79 Å². The third-order valence-corrected chi connectivity index (χ3v) is 2.24. The Labute approximate surface area is 113 Å². The quantitative estimate of drug-likeness (QED) is 0.840. The van der Waals surface area contributed by atoms with Crippen LogP contribution in [0.25, 0.3) is 0 Å². The van der Waals surface area contributed by atoms with Crippen LogP contribution >= 0.6 is 0 Å². The summed E-state index contributed by atoms with van der Waals surface area (Å²) in [6.07, 6.45) is 0. The van der Waals surface area contributed by atoms with Crippen LogP contribution in [0.4, 0.5) is 6.01 Å². The molecule has 2 aromatic rings. The van der Waals surface area contributed by atoms with Crippen molar-refractivity contribution in [2.24, 2.45) is 0 Å². The van der Waals surface area contributed by atoms with Crippen molar-refractivity contribution < 1.29 is 23.8 Å². The summed E-state index contributed by atoms with van der Waals surface area (Å²) >= 11 is 0. The van der Waals surface area contributed by atoms with Crippen molar-refractivity contribution in [1.82, 2.24) is 10.2 Å². The molecule has 2 N–H and O–H groups in total. The Hall–Kier alpha value is -2.90. The highest BCUT2D eigenvalue weighted by molar-refractivity contribution is 5.90. The molecule has 1 amide bonds. The number of carbonyl (C=O) groups is 2. The van der Waals surface area contributed by atoms with Gasteiger partial charge in [-0.1, -0.05) is 5.10 Å². The molecule has 0 bridgehead atoms. The summed E-state index contributed by atoms with van der Waals surface area (Å²) in [6.45, 7) is 1.34. The lowest BCUT2D eigenvalue weighted by molar-refractivity contribution is -0.118. The number of aromatic nitrogens is 2. The molecule has 0 aliphatic heterocycles. The molecule has 2 rings (SSSR count). The van der Waals surface area contributed by atoms with Crippen molar-refractivity contribution in [2.45, 2.75) is 6.92 Å². The zero-order chi connectivity index (χ0) is 14.5. The second-order valence-electron chi connectivity index (χ2n) is 3.79. The lowest BCUT2D eigenvalue weighted by Crippen LogP contribution is -2.20. The predicted molar refractivity (Wildman–Crippen MR) is 66.6 cm³/mol. The molecule has 1 aromatic carbocycles. The number of nitrogens with one attached hydrogen (secondary N) is 1. The minimum atomic E-state index is -1.03. The van der Waals surface area contributed by atoms with Gasteiger partial charge in [0.25, 0.3) is 5.91 Å². The fourth-order valence-corrected chi connectivity index (χ4v) is 1.35. The molecule has 0 atom stereocenters. The first kappa shape index (κ1) is 13.5. The molecule has 0 aliphatic rings. The van der Waals surface area contributed by atoms with Crippen LogP contribution in [-0.4, -0.2) is 33.8 Å². The van der Waals surface area contributed by atoms with E-state index in [-0.39, 0.29) is 18.2 Å². The minimum Gasteiger partial charge on any atom is -0.484 e. The number of nitrogens with zero attached hydrogens (tertiary/aromatic N) is 2. The molecule has 0 saturated heterocycles. The number of anilines is 1. The molecule has 0 spiro atoms. The number of carboxylic acids is 1. The highest BCUT2D eigenvalue weighted by Gasteiger charge is 2.09. The van der Waals surface area contributed by atoms with Crippen molar-refractivity contribution in [3.8, 4) is 5.75 Å². The molecule has 20 heavy (non-hydrogen) atoms. The second-order valence-corrected chi connectivity index (χ2v) is 3.79. The Morgan fingerprint density at radius 2 is 2.00 bits per heavy atom. The number of benzene rings is 1. The summed E-state index contributed by atoms with van der Waals surface area (Å²) < 4.78 is 10.2. The molecular weight excluding hydrogens is 266 g/mol. The van der Waals surface area contributed by atoms with Crippen LogP contribution in [0, 0.1) is 6.92 Å². The zero-order valence-electron chi connectivity index (χ0n) is 10.5. The number of hydrogen-bond acceptors (Lipinski definition) is 6. The summed E-state index contributed by atoms with van der Waals surface area (Å²) in [5, 5.41) is 18.3. The van der Waals surface area contributed by atoms with Crippen LogP contribution in [0.3, 0.4) is 0 Å². The normalized spacial score (nSPS) is 10.1. The van der Waals surface area contributed by atoms with Crippen LogP contribution in [0.1, 0.15) is 16.2 Å². The van der Waals surface area contributed by atoms with Gasteiger partial charge in [0, 0.05) is 6.92 Å². The average molecular weight is 277 g/mol. The predicted octanol–water partition coefficient (Wildman–Crippen LogP) is 1.09. The molecule has 0 unspecified atom stereocenters. The fourth-order valence-electron chi connectivity index (χ4n) is 1.35. The number of aryl methyl sites for hydroxylation is 1. The van der Waals surface area contributed by atoms with Crippen molar-refractivity contribution >= 4 is 17.9 Å². The molecule has 1 aromatic heterocycles. The smallest absolute Gasteiger partial charge is 0.335 e. The molecule has 1 heterocycles. The Morgan fingerprint density at radius 1 is 1.30 bits per heavy atom. The van der Waals surface area contributed by atoms with E-state index in [1.54, 1.807) is 6.92 Å². The van der Waals surface area contributed by atoms with Crippen LogP contribution in [0.2, 0.25) is 0 Å². The third-order valence-electron chi connectivity index (χ3n) is 2.24. The Kier molecular flexibility index (Phi) is 3.94. The topological polar surface area (TPSA) is 115 Å². The van der Waals surface area contributed by atoms with Crippen LogP contribution < -0.4 is 10.1 Å². The Balaban J connectivity index is 1.85. The number of carboxylic acid groups (broad SMARTS) is 1. The van der Waals surface area contributed by atoms with E-state index >= 15 is 0 Å². The van der Waals surface area contributed by atoms with Crippen LogP contribution in [-0.2, 0) is 4.79 Å². The number of carbonyl (C=O) groups excluding carboxylic acids is 1. The fraction of sp³-hybridized carbons (Fsp3) is 0.167. The van der Waals surface area contributed by atoms with Gasteiger partial charge < -0.3 is 14.3 Å². The van der Waals surface area contributed by atoms with Gasteiger partial charge in [0.2, 0.25) is 5.89 Å². The minimum absolute atomic E-state index is 0.00248. The van der Waals surface area contributed by atoms with E-state index in [9.17, 15) is 9.59 Å². The van der Waals surface area contributed by atoms with Gasteiger partial charge in [-0.3, -0.25) is 10.1 Å². The molecule has 8 heteroatoms. The van der Waals surface area contributed by atoms with E-state index in [0.717, 1.165) is 0 Å². The van der Waals surface area contributed by atoms with Crippen LogP contribution in [0.15, 0.2) is 28.7 Å². The summed E-state index contributed by atoms with van der Waals surface area (Å²) in [5.74, 6) is -0.769. The molecule has 104 valence electrons. The largest absolute Gasteiger partial charge is 0.484 e. The molecular formula is C12H11N3O5. The van der Waals surface area contributed by atoms with E-state index in [2.05, 4.69) is 15.5 Å². The average Bonchev–Trinajstić information content (AvgIpc) is 2.82. The summed E-state index contributed by atoms with van der Waals surface area (Å²) in [5.41, 5.74) is 0.142. The van der Waals surface area contributed by atoms with Gasteiger partial charge in [-0.15, -0.1) is 5.10 Å². The van der Waals surface area contributed by atoms with E-state index in [1.807, 2.05) is 0 Å². The molecule has 8 nitrogen and oxygen atoms in total. The van der Waals surface area contributed by atoms with Gasteiger partial charge in [-0.2, -0.15) is 0 Å². The van der Waals surface area contributed by atoms with Gasteiger partial charge >= 0.3 is 12.0 Å². The number of amides is 1. The summed E-state index contributed by atoms with van der Waals surface area (Å²) in [7, 11) is 0. The number of hydrogen-bond donors (Lipinski definition) is 2. The SMILES string of the molecule is Cc1nnc(NC(=O)COc2ccc(C(=O)O)cc2)o1. The van der Waals surface area contributed by atoms with Gasteiger partial charge in [0.05, 0.1) is 5.56 Å². The molecule has 0 aliphatic carbocycles. The monoisotopic (exact) mass is 277 g/mol. The van der Waals surface area contributed by atoms with Gasteiger partial charge in [-0.05, 0) is 24.3 Å². The van der Waals surface area contributed by atoms with E-state index < -0.39 is 11.9 Å². The van der Waals surface area contributed by atoms with Crippen molar-refractivity contribution in [3.63, 3.8) is 0 Å². The van der Waals surface area contributed by atoms with E-state index in [0.29, 0.717) is 11.6 Å². The maximum atomic E-state index is 11.5. The molecule has 0 radical (unpaired) electrons. The Morgan fingerprint density at radius 3 is 2.55 bits per heavy atom. The van der Waals surface area contributed by atoms with Crippen molar-refractivity contribution in [1.29, 1.82) is 0 Å². The summed E-state index contributed by atoms with van der Waals surface area (Å²) in [6, 6.07) is 5.70. The maximum Gasteiger partial charge on any atom is 0.335 e. The van der Waals surface area contributed by atoms with Gasteiger partial charge in [0.15, 0.2) is 6.61 Å². The first-order valence-corrected chi connectivity index (χ1v) is 5.61. The van der Waals surface area contributed by atoms with Crippen molar-refractivity contribution in [2.75, 3.05) is 11.9 Å². The Bertz CT molecular complexity index is 620. The standard InChI is InChI=1S/C12H11N3O5/c1-7-14-15-12(20-7)13-10(16)6-19-9-4-2-8(3-5-9)11(17)18/h2-5H,6H2,1H3,(H,17,18)(H,13,15,16). The van der Waals surface area contributed by atoms with E-state index in [4.69, 9.17) is 14.3 Å². The van der Waals surface area contributed by atoms with E-state index in [1.165, 1.54) is 24.3 Å². The highest BCUT2D eigenvalue weighted by Crippen LogP contribution is 2.12. The number of aromatic carboxylic acids is 1. The number of rotatable bonds is 5. The molecule has 0 saturated carbocycles. The number of ether oxygens (including phenoxy) is 1. The first-order chi connectivity index (χ1) is 9.54. The highest BCUT2D eigenvalue weighted by atomic mass is 16.5. The van der Waals surface area contributed by atoms with Crippen molar-refractivity contribution in [3.05, 3.63) is 35.7 Å². The van der Waals surface area contributed by atoms with Gasteiger partial charge in [0.1, 0.15) is 5.75 Å². The lowest BCUT2D eigenvalue weighted by atomic mass is 10.2.